The van der Waals surface area contributed by atoms with Gasteiger partial charge in [-0.2, -0.15) is 0 Å². The zero-order chi connectivity index (χ0) is 12.3. The van der Waals surface area contributed by atoms with Crippen LogP contribution in [0.1, 0.15) is 23.2 Å². The van der Waals surface area contributed by atoms with E-state index in [0.29, 0.717) is 12.1 Å². The lowest BCUT2D eigenvalue weighted by Crippen LogP contribution is -2.40. The molecule has 0 bridgehead atoms. The molecule has 0 aliphatic carbocycles. The number of aliphatic hydroxyl groups excluding tert-OH is 1. The third-order valence-electron chi connectivity index (χ3n) is 3.16. The monoisotopic (exact) mass is 297 g/mol. The van der Waals surface area contributed by atoms with Gasteiger partial charge >= 0.3 is 0 Å². The van der Waals surface area contributed by atoms with Crippen LogP contribution in [-0.2, 0) is 0 Å². The summed E-state index contributed by atoms with van der Waals surface area (Å²) in [6, 6.07) is 7.41. The van der Waals surface area contributed by atoms with Gasteiger partial charge < -0.3 is 10.0 Å². The van der Waals surface area contributed by atoms with Gasteiger partial charge in [-0.1, -0.05) is 15.9 Å². The summed E-state index contributed by atoms with van der Waals surface area (Å²) < 4.78 is 0.973. The maximum Gasteiger partial charge on any atom is 0.253 e. The number of hydrogen-bond donors (Lipinski definition) is 1. The molecule has 3 nitrogen and oxygen atoms in total. The first-order valence-corrected chi connectivity index (χ1v) is 6.65. The number of halogens is 1. The Morgan fingerprint density at radius 1 is 1.41 bits per heavy atom. The average Bonchev–Trinajstić information content (AvgIpc) is 2.39. The molecule has 1 atom stereocenters. The van der Waals surface area contributed by atoms with Crippen molar-refractivity contribution in [2.45, 2.75) is 12.8 Å². The molecule has 17 heavy (non-hydrogen) atoms. The minimum atomic E-state index is 0.0654. The second kappa shape index (κ2) is 5.65. The number of piperidine rings is 1. The largest absolute Gasteiger partial charge is 0.396 e. The molecule has 1 aromatic rings. The SMILES string of the molecule is O=C(c1ccc(Br)cc1)N1CCCC(CO)C1. The Kier molecular flexibility index (Phi) is 4.18. The van der Waals surface area contributed by atoms with Crippen molar-refractivity contribution in [2.75, 3.05) is 19.7 Å². The highest BCUT2D eigenvalue weighted by atomic mass is 79.9. The van der Waals surface area contributed by atoms with Crippen LogP contribution in [-0.4, -0.2) is 35.6 Å². The number of benzene rings is 1. The summed E-state index contributed by atoms with van der Waals surface area (Å²) >= 11 is 3.35. The number of carbonyl (C=O) groups is 1. The van der Waals surface area contributed by atoms with Crippen LogP contribution in [0.3, 0.4) is 0 Å². The highest BCUT2D eigenvalue weighted by Gasteiger charge is 2.23. The van der Waals surface area contributed by atoms with Gasteiger partial charge in [0.1, 0.15) is 0 Å². The standard InChI is InChI=1S/C13H16BrNO2/c14-12-5-3-11(4-6-12)13(17)15-7-1-2-10(8-15)9-16/h3-6,10,16H,1-2,7-9H2. The van der Waals surface area contributed by atoms with E-state index in [1.807, 2.05) is 29.2 Å². The van der Waals surface area contributed by atoms with Crippen molar-refractivity contribution in [3.05, 3.63) is 34.3 Å². The summed E-state index contributed by atoms with van der Waals surface area (Å²) in [5.41, 5.74) is 0.715. The lowest BCUT2D eigenvalue weighted by Gasteiger charge is -2.31. The quantitative estimate of drug-likeness (QED) is 0.910. The molecular weight excluding hydrogens is 282 g/mol. The van der Waals surface area contributed by atoms with Crippen molar-refractivity contribution < 1.29 is 9.90 Å². The van der Waals surface area contributed by atoms with Gasteiger partial charge in [-0.15, -0.1) is 0 Å². The first-order valence-electron chi connectivity index (χ1n) is 5.86. The van der Waals surface area contributed by atoms with Crippen molar-refractivity contribution in [3.8, 4) is 0 Å². The van der Waals surface area contributed by atoms with E-state index in [1.54, 1.807) is 0 Å². The lowest BCUT2D eigenvalue weighted by atomic mass is 9.98. The van der Waals surface area contributed by atoms with Gasteiger partial charge in [0.25, 0.3) is 5.91 Å². The van der Waals surface area contributed by atoms with Crippen LogP contribution >= 0.6 is 15.9 Å². The Hall–Kier alpha value is -0.870. The van der Waals surface area contributed by atoms with E-state index < -0.39 is 0 Å². The maximum absolute atomic E-state index is 12.2. The molecule has 1 aliphatic heterocycles. The Bertz CT molecular complexity index is 391. The number of carbonyl (C=O) groups excluding carboxylic acids is 1. The molecule has 0 spiro atoms. The molecule has 0 saturated carbocycles. The fraction of sp³-hybridized carbons (Fsp3) is 0.462. The van der Waals surface area contributed by atoms with Gasteiger partial charge in [-0.3, -0.25) is 4.79 Å². The fourth-order valence-electron chi connectivity index (χ4n) is 2.17. The topological polar surface area (TPSA) is 40.5 Å². The maximum atomic E-state index is 12.2. The molecule has 0 aromatic heterocycles. The van der Waals surface area contributed by atoms with Crippen molar-refractivity contribution in [3.63, 3.8) is 0 Å². The number of aliphatic hydroxyl groups is 1. The zero-order valence-electron chi connectivity index (χ0n) is 9.60. The third kappa shape index (κ3) is 3.07. The van der Waals surface area contributed by atoms with E-state index >= 15 is 0 Å². The predicted octanol–water partition coefficient (Wildman–Crippen LogP) is 2.29. The highest BCUT2D eigenvalue weighted by Crippen LogP contribution is 2.19. The fourth-order valence-corrected chi connectivity index (χ4v) is 2.44. The van der Waals surface area contributed by atoms with E-state index in [1.165, 1.54) is 0 Å². The Morgan fingerprint density at radius 3 is 2.76 bits per heavy atom. The van der Waals surface area contributed by atoms with Crippen LogP contribution in [0.5, 0.6) is 0 Å². The normalized spacial score (nSPS) is 20.4. The van der Waals surface area contributed by atoms with Gasteiger partial charge in [0.2, 0.25) is 0 Å². The molecule has 2 rings (SSSR count). The zero-order valence-corrected chi connectivity index (χ0v) is 11.2. The van der Waals surface area contributed by atoms with E-state index in [4.69, 9.17) is 5.11 Å². The highest BCUT2D eigenvalue weighted by molar-refractivity contribution is 9.10. The summed E-state index contributed by atoms with van der Waals surface area (Å²) in [5.74, 6) is 0.304. The van der Waals surface area contributed by atoms with Crippen molar-refractivity contribution >= 4 is 21.8 Å². The molecule has 1 unspecified atom stereocenters. The van der Waals surface area contributed by atoms with Crippen LogP contribution in [0.25, 0.3) is 0 Å². The molecule has 92 valence electrons. The van der Waals surface area contributed by atoms with E-state index in [-0.39, 0.29) is 18.4 Å². The molecule has 1 aliphatic rings. The first kappa shape index (κ1) is 12.6. The minimum absolute atomic E-state index is 0.0654. The third-order valence-corrected chi connectivity index (χ3v) is 3.68. The van der Waals surface area contributed by atoms with Crippen molar-refractivity contribution in [1.29, 1.82) is 0 Å². The Balaban J connectivity index is 2.06. The summed E-state index contributed by atoms with van der Waals surface area (Å²) in [6.45, 7) is 1.64. The van der Waals surface area contributed by atoms with Crippen LogP contribution in [0, 0.1) is 5.92 Å². The molecule has 1 saturated heterocycles. The lowest BCUT2D eigenvalue weighted by molar-refractivity contribution is 0.0620. The predicted molar refractivity (Wildman–Crippen MR) is 69.9 cm³/mol. The van der Waals surface area contributed by atoms with E-state index in [9.17, 15) is 4.79 Å². The average molecular weight is 298 g/mol. The van der Waals surface area contributed by atoms with Gasteiger partial charge in [-0.25, -0.2) is 0 Å². The number of likely N-dealkylation sites (tertiary alicyclic amines) is 1. The van der Waals surface area contributed by atoms with Crippen molar-refractivity contribution in [1.82, 2.24) is 4.90 Å². The van der Waals surface area contributed by atoms with E-state index in [2.05, 4.69) is 15.9 Å². The van der Waals surface area contributed by atoms with Gasteiger partial charge in [0.05, 0.1) is 0 Å². The van der Waals surface area contributed by atoms with Gasteiger partial charge in [0, 0.05) is 29.7 Å². The summed E-state index contributed by atoms with van der Waals surface area (Å²) in [5, 5.41) is 9.15. The van der Waals surface area contributed by atoms with Gasteiger partial charge in [-0.05, 0) is 43.0 Å². The molecule has 0 radical (unpaired) electrons. The van der Waals surface area contributed by atoms with Crippen LogP contribution in [0.4, 0.5) is 0 Å². The first-order chi connectivity index (χ1) is 8.20. The Morgan fingerprint density at radius 2 is 2.12 bits per heavy atom. The molecule has 4 heteroatoms. The Labute approximate surface area is 110 Å². The number of hydrogen-bond acceptors (Lipinski definition) is 2. The van der Waals surface area contributed by atoms with Gasteiger partial charge in [0.15, 0.2) is 0 Å². The molecular formula is C13H16BrNO2. The second-order valence-electron chi connectivity index (χ2n) is 4.45. The number of rotatable bonds is 2. The van der Waals surface area contributed by atoms with Crippen LogP contribution in [0.15, 0.2) is 28.7 Å². The molecule has 1 aromatic carbocycles. The molecule has 1 fully saturated rings. The number of nitrogens with zero attached hydrogens (tertiary/aromatic N) is 1. The summed E-state index contributed by atoms with van der Waals surface area (Å²) in [7, 11) is 0. The van der Waals surface area contributed by atoms with E-state index in [0.717, 1.165) is 23.9 Å². The summed E-state index contributed by atoms with van der Waals surface area (Å²) in [6.07, 6.45) is 1.99. The molecule has 1 heterocycles. The van der Waals surface area contributed by atoms with Crippen LogP contribution < -0.4 is 0 Å². The smallest absolute Gasteiger partial charge is 0.253 e. The molecule has 1 N–H and O–H groups in total. The number of amides is 1. The van der Waals surface area contributed by atoms with Crippen molar-refractivity contribution in [2.24, 2.45) is 5.92 Å². The summed E-state index contributed by atoms with van der Waals surface area (Å²) in [4.78, 5) is 14.0. The minimum Gasteiger partial charge on any atom is -0.396 e. The van der Waals surface area contributed by atoms with Crippen LogP contribution in [0.2, 0.25) is 0 Å². The second-order valence-corrected chi connectivity index (χ2v) is 5.36. The molecule has 1 amide bonds.